The van der Waals surface area contributed by atoms with E-state index < -0.39 is 33.4 Å². The highest BCUT2D eigenvalue weighted by atomic mass is 32.2. The van der Waals surface area contributed by atoms with E-state index in [-0.39, 0.29) is 21.8 Å². The Kier molecular flexibility index (Phi) is 4.79. The number of nitrogens with zero attached hydrogens (tertiary/aromatic N) is 3. The Hall–Kier alpha value is -3.08. The predicted octanol–water partition coefficient (Wildman–Crippen LogP) is 2.81. The van der Waals surface area contributed by atoms with Crippen molar-refractivity contribution in [3.63, 3.8) is 0 Å². The molecule has 3 aromatic rings. The molecule has 7 nitrogen and oxygen atoms in total. The summed E-state index contributed by atoms with van der Waals surface area (Å²) in [5.74, 6) is -3.20. The molecule has 3 rings (SSSR count). The summed E-state index contributed by atoms with van der Waals surface area (Å²) in [4.78, 5) is 19.1. The van der Waals surface area contributed by atoms with Gasteiger partial charge in [-0.05, 0) is 12.1 Å². The highest BCUT2D eigenvalue weighted by Crippen LogP contribution is 2.29. The van der Waals surface area contributed by atoms with Crippen molar-refractivity contribution in [2.45, 2.75) is 11.1 Å². The summed E-state index contributed by atoms with van der Waals surface area (Å²) in [5.41, 5.74) is 0.263. The Morgan fingerprint density at radius 2 is 1.67 bits per heavy atom. The van der Waals surface area contributed by atoms with Crippen molar-refractivity contribution in [2.75, 3.05) is 5.75 Å². The molecule has 0 bridgehead atoms. The molecule has 27 heavy (non-hydrogen) atoms. The number of hydrogen-bond donors (Lipinski definition) is 0. The van der Waals surface area contributed by atoms with Gasteiger partial charge in [0, 0.05) is 23.5 Å². The number of Topliss-reactive ketones (excluding diaryl/α,β-unsaturated/α-hetero) is 1. The molecule has 0 saturated heterocycles. The van der Waals surface area contributed by atoms with E-state index in [0.29, 0.717) is 0 Å². The van der Waals surface area contributed by atoms with Crippen molar-refractivity contribution >= 4 is 15.6 Å². The number of sulfone groups is 1. The minimum absolute atomic E-state index is 0.0334. The minimum Gasteiger partial charge on any atom is -0.329 e. The number of aromatic nitrogens is 3. The fourth-order valence-electron chi connectivity index (χ4n) is 2.15. The highest BCUT2D eigenvalue weighted by molar-refractivity contribution is 7.92. The van der Waals surface area contributed by atoms with Crippen LogP contribution in [0, 0.1) is 0 Å². The number of carbonyl (C=O) groups is 1. The van der Waals surface area contributed by atoms with E-state index in [2.05, 4.69) is 19.6 Å². The third kappa shape index (κ3) is 4.19. The third-order valence-electron chi connectivity index (χ3n) is 3.46. The molecule has 1 aromatic carbocycles. The average Bonchev–Trinajstić information content (AvgIpc) is 3.13. The molecule has 2 aromatic heterocycles. The van der Waals surface area contributed by atoms with E-state index in [1.165, 1.54) is 48.8 Å². The maximum Gasteiger partial charge on any atom is 0.471 e. The van der Waals surface area contributed by atoms with Crippen LogP contribution in [0.4, 0.5) is 13.2 Å². The molecule has 0 aliphatic carbocycles. The molecular weight excluding hydrogens is 387 g/mol. The van der Waals surface area contributed by atoms with Crippen LogP contribution in [-0.2, 0) is 16.0 Å². The van der Waals surface area contributed by atoms with Crippen LogP contribution >= 0.6 is 0 Å². The molecule has 0 N–H and O–H groups in total. The Balaban J connectivity index is 1.77. The monoisotopic (exact) mass is 397 g/mol. The molecule has 0 unspecified atom stereocenters. The zero-order chi connectivity index (χ0) is 19.7. The standard InChI is InChI=1S/C16H10F3N3O4S/c17-16(18,19)15-21-14(22-26-15)11-3-1-10(2-4-11)13(23)9-27(24,25)12-5-7-20-8-6-12/h1-8H,9H2. The SMILES string of the molecule is O=C(CS(=O)(=O)c1ccncc1)c1ccc(-c2noc(C(F)(F)F)n2)cc1. The van der Waals surface area contributed by atoms with Crippen molar-refractivity contribution in [3.05, 3.63) is 60.2 Å². The third-order valence-corrected chi connectivity index (χ3v) is 5.10. The summed E-state index contributed by atoms with van der Waals surface area (Å²) >= 11 is 0. The van der Waals surface area contributed by atoms with E-state index in [9.17, 15) is 26.4 Å². The molecular formula is C16H10F3N3O4S. The van der Waals surface area contributed by atoms with E-state index in [1.54, 1.807) is 0 Å². The lowest BCUT2D eigenvalue weighted by molar-refractivity contribution is -0.159. The second-order valence-electron chi connectivity index (χ2n) is 5.36. The lowest BCUT2D eigenvalue weighted by atomic mass is 10.1. The zero-order valence-corrected chi connectivity index (χ0v) is 14.2. The van der Waals surface area contributed by atoms with Gasteiger partial charge in [-0.2, -0.15) is 18.2 Å². The molecule has 0 aliphatic heterocycles. The first-order valence-electron chi connectivity index (χ1n) is 7.34. The van der Waals surface area contributed by atoms with Crippen LogP contribution in [0.15, 0.2) is 58.2 Å². The van der Waals surface area contributed by atoms with Crippen LogP contribution in [0.1, 0.15) is 16.2 Å². The van der Waals surface area contributed by atoms with Gasteiger partial charge in [-0.15, -0.1) is 0 Å². The molecule has 0 radical (unpaired) electrons. The summed E-state index contributed by atoms with van der Waals surface area (Å²) in [6.45, 7) is 0. The zero-order valence-electron chi connectivity index (χ0n) is 13.3. The van der Waals surface area contributed by atoms with Gasteiger partial charge in [0.2, 0.25) is 5.82 Å². The Labute approximate surface area is 150 Å². The van der Waals surface area contributed by atoms with Crippen LogP contribution in [0.2, 0.25) is 0 Å². The Morgan fingerprint density at radius 3 is 2.22 bits per heavy atom. The van der Waals surface area contributed by atoms with Crippen molar-refractivity contribution < 1.29 is 30.9 Å². The van der Waals surface area contributed by atoms with Crippen LogP contribution < -0.4 is 0 Å². The largest absolute Gasteiger partial charge is 0.471 e. The molecule has 0 spiro atoms. The summed E-state index contributed by atoms with van der Waals surface area (Å²) in [7, 11) is -3.84. The van der Waals surface area contributed by atoms with Crippen molar-refractivity contribution in [2.24, 2.45) is 0 Å². The smallest absolute Gasteiger partial charge is 0.329 e. The Bertz CT molecular complexity index is 1060. The van der Waals surface area contributed by atoms with Crippen molar-refractivity contribution in [1.82, 2.24) is 15.1 Å². The molecule has 0 fully saturated rings. The maximum atomic E-state index is 12.5. The first kappa shape index (κ1) is 18.7. The summed E-state index contributed by atoms with van der Waals surface area (Å²) in [5, 5.41) is 3.23. The molecule has 140 valence electrons. The first-order valence-corrected chi connectivity index (χ1v) is 8.99. The number of benzene rings is 1. The quantitative estimate of drug-likeness (QED) is 0.610. The topological polar surface area (TPSA) is 103 Å². The van der Waals surface area contributed by atoms with Crippen molar-refractivity contribution in [1.29, 1.82) is 0 Å². The van der Waals surface area contributed by atoms with E-state index >= 15 is 0 Å². The second kappa shape index (κ2) is 6.91. The number of hydrogen-bond acceptors (Lipinski definition) is 7. The number of carbonyl (C=O) groups excluding carboxylic acids is 1. The second-order valence-corrected chi connectivity index (χ2v) is 7.35. The minimum atomic E-state index is -4.76. The molecule has 2 heterocycles. The molecule has 11 heteroatoms. The summed E-state index contributed by atoms with van der Waals surface area (Å²) < 4.78 is 66.0. The predicted molar refractivity (Wildman–Crippen MR) is 85.4 cm³/mol. The number of pyridine rings is 1. The molecule has 0 atom stereocenters. The normalized spacial score (nSPS) is 12.1. The van der Waals surface area contributed by atoms with Gasteiger partial charge < -0.3 is 4.52 Å². The van der Waals surface area contributed by atoms with Crippen LogP contribution in [0.5, 0.6) is 0 Å². The number of alkyl halides is 3. The fraction of sp³-hybridized carbons (Fsp3) is 0.125. The van der Waals surface area contributed by atoms with Crippen LogP contribution in [0.3, 0.4) is 0 Å². The molecule has 0 saturated carbocycles. The van der Waals surface area contributed by atoms with Gasteiger partial charge in [-0.1, -0.05) is 29.4 Å². The highest BCUT2D eigenvalue weighted by Gasteiger charge is 2.38. The molecule has 0 aliphatic rings. The lowest BCUT2D eigenvalue weighted by Gasteiger charge is -2.04. The maximum absolute atomic E-state index is 12.5. The lowest BCUT2D eigenvalue weighted by Crippen LogP contribution is -2.16. The van der Waals surface area contributed by atoms with Gasteiger partial charge in [-0.25, -0.2) is 8.42 Å². The molecule has 0 amide bonds. The fourth-order valence-corrected chi connectivity index (χ4v) is 3.36. The van der Waals surface area contributed by atoms with Gasteiger partial charge in [0.25, 0.3) is 0 Å². The average molecular weight is 397 g/mol. The van der Waals surface area contributed by atoms with Gasteiger partial charge in [0.05, 0.1) is 4.90 Å². The first-order chi connectivity index (χ1) is 12.7. The number of rotatable bonds is 5. The van der Waals surface area contributed by atoms with E-state index in [1.807, 2.05) is 0 Å². The Morgan fingerprint density at radius 1 is 1.04 bits per heavy atom. The number of ketones is 1. The van der Waals surface area contributed by atoms with Crippen LogP contribution in [0.25, 0.3) is 11.4 Å². The van der Waals surface area contributed by atoms with Crippen LogP contribution in [-0.4, -0.2) is 35.1 Å². The van der Waals surface area contributed by atoms with E-state index in [4.69, 9.17) is 0 Å². The van der Waals surface area contributed by atoms with Gasteiger partial charge in [0.15, 0.2) is 15.6 Å². The summed E-state index contributed by atoms with van der Waals surface area (Å²) in [6.07, 6.45) is -2.17. The van der Waals surface area contributed by atoms with Crippen molar-refractivity contribution in [3.8, 4) is 11.4 Å². The van der Waals surface area contributed by atoms with Gasteiger partial charge in [-0.3, -0.25) is 9.78 Å². The van der Waals surface area contributed by atoms with Gasteiger partial charge >= 0.3 is 12.1 Å². The summed E-state index contributed by atoms with van der Waals surface area (Å²) in [6, 6.07) is 7.72. The number of halogens is 3. The van der Waals surface area contributed by atoms with E-state index in [0.717, 1.165) is 0 Å². The van der Waals surface area contributed by atoms with Gasteiger partial charge in [0.1, 0.15) is 5.75 Å².